The second-order valence-corrected chi connectivity index (χ2v) is 5.60. The zero-order chi connectivity index (χ0) is 15.8. The molecule has 4 nitrogen and oxygen atoms in total. The number of nitrogens with zero attached hydrogens (tertiary/aromatic N) is 2. The van der Waals surface area contributed by atoms with Gasteiger partial charge in [-0.15, -0.1) is 0 Å². The van der Waals surface area contributed by atoms with Gasteiger partial charge in [-0.25, -0.2) is 0 Å². The Morgan fingerprint density at radius 2 is 1.90 bits per heavy atom. The number of amides is 1. The van der Waals surface area contributed by atoms with Crippen LogP contribution in [-0.2, 0) is 0 Å². The summed E-state index contributed by atoms with van der Waals surface area (Å²) >= 11 is 0. The Labute approximate surface area is 129 Å². The van der Waals surface area contributed by atoms with E-state index in [0.29, 0.717) is 0 Å². The lowest BCUT2D eigenvalue weighted by Gasteiger charge is -2.23. The Balaban J connectivity index is 2.75. The van der Waals surface area contributed by atoms with E-state index in [1.54, 1.807) is 0 Å². The van der Waals surface area contributed by atoms with Crippen LogP contribution in [0.4, 0.5) is 5.69 Å². The summed E-state index contributed by atoms with van der Waals surface area (Å²) in [7, 11) is 4.11. The van der Waals surface area contributed by atoms with Crippen LogP contribution in [0.25, 0.3) is 0 Å². The van der Waals surface area contributed by atoms with Gasteiger partial charge in [0, 0.05) is 30.9 Å². The van der Waals surface area contributed by atoms with Crippen LogP contribution >= 0.6 is 0 Å². The molecule has 21 heavy (non-hydrogen) atoms. The molecule has 0 bridgehead atoms. The first-order chi connectivity index (χ1) is 9.99. The highest BCUT2D eigenvalue weighted by molar-refractivity contribution is 5.96. The van der Waals surface area contributed by atoms with Crippen molar-refractivity contribution in [2.24, 2.45) is 0 Å². The van der Waals surface area contributed by atoms with E-state index in [2.05, 4.69) is 31.2 Å². The molecule has 0 saturated carbocycles. The molecule has 4 heteroatoms. The van der Waals surface area contributed by atoms with Crippen LogP contribution in [0.15, 0.2) is 18.2 Å². The Bertz CT molecular complexity index is 457. The molecule has 0 unspecified atom stereocenters. The Morgan fingerprint density at radius 1 is 1.19 bits per heavy atom. The summed E-state index contributed by atoms with van der Waals surface area (Å²) in [6.07, 6.45) is 1.00. The van der Waals surface area contributed by atoms with Crippen molar-refractivity contribution in [1.29, 1.82) is 0 Å². The van der Waals surface area contributed by atoms with E-state index in [4.69, 9.17) is 0 Å². The lowest BCUT2D eigenvalue weighted by Crippen LogP contribution is -2.33. The first-order valence-electron chi connectivity index (χ1n) is 7.78. The highest BCUT2D eigenvalue weighted by atomic mass is 16.2. The molecular weight excluding hydrogens is 262 g/mol. The van der Waals surface area contributed by atoms with Crippen LogP contribution in [0.5, 0.6) is 0 Å². The molecule has 0 saturated heterocycles. The Kier molecular flexibility index (Phi) is 7.23. The number of aryl methyl sites for hydroxylation is 1. The number of rotatable bonds is 8. The summed E-state index contributed by atoms with van der Waals surface area (Å²) in [6.45, 7) is 9.55. The van der Waals surface area contributed by atoms with Gasteiger partial charge < -0.3 is 15.1 Å². The average Bonchev–Trinajstić information content (AvgIpc) is 2.43. The maximum atomic E-state index is 12.6. The number of anilines is 1. The van der Waals surface area contributed by atoms with Crippen LogP contribution < -0.4 is 5.32 Å². The third-order valence-electron chi connectivity index (χ3n) is 3.54. The van der Waals surface area contributed by atoms with E-state index in [1.807, 2.05) is 36.9 Å². The Morgan fingerprint density at radius 3 is 2.43 bits per heavy atom. The van der Waals surface area contributed by atoms with E-state index in [1.165, 1.54) is 0 Å². The van der Waals surface area contributed by atoms with Gasteiger partial charge >= 0.3 is 0 Å². The van der Waals surface area contributed by atoms with Crippen LogP contribution in [0, 0.1) is 6.92 Å². The molecule has 0 aromatic heterocycles. The van der Waals surface area contributed by atoms with Crippen molar-refractivity contribution < 1.29 is 4.79 Å². The van der Waals surface area contributed by atoms with Gasteiger partial charge in [-0.05, 0) is 71.6 Å². The fourth-order valence-electron chi connectivity index (χ4n) is 2.37. The molecule has 1 amide bonds. The van der Waals surface area contributed by atoms with Gasteiger partial charge in [-0.3, -0.25) is 4.79 Å². The number of carbonyl (C=O) groups excluding carboxylic acids is 1. The molecule has 0 spiro atoms. The summed E-state index contributed by atoms with van der Waals surface area (Å²) < 4.78 is 0. The molecule has 0 heterocycles. The fraction of sp³-hybridized carbons (Fsp3) is 0.588. The standard InChI is InChI=1S/C17H29N3O/c1-6-18-15-9-10-16(14(3)13-15)17(21)20(7-2)12-8-11-19(4)5/h9-10,13,18H,6-8,11-12H2,1-5H3. The van der Waals surface area contributed by atoms with Gasteiger partial charge in [-0.2, -0.15) is 0 Å². The number of hydrogen-bond acceptors (Lipinski definition) is 3. The van der Waals surface area contributed by atoms with Crippen LogP contribution in [-0.4, -0.2) is 56.0 Å². The van der Waals surface area contributed by atoms with E-state index in [9.17, 15) is 4.79 Å². The monoisotopic (exact) mass is 291 g/mol. The molecule has 0 radical (unpaired) electrons. The van der Waals surface area contributed by atoms with Crippen molar-refractivity contribution in [3.8, 4) is 0 Å². The summed E-state index contributed by atoms with van der Waals surface area (Å²) in [5, 5.41) is 3.27. The molecule has 1 aromatic carbocycles. The molecule has 0 atom stereocenters. The predicted molar refractivity (Wildman–Crippen MR) is 90.1 cm³/mol. The van der Waals surface area contributed by atoms with E-state index in [0.717, 1.165) is 49.4 Å². The van der Waals surface area contributed by atoms with Gasteiger partial charge in [0.25, 0.3) is 5.91 Å². The number of carbonyl (C=O) groups is 1. The molecule has 1 aromatic rings. The van der Waals surface area contributed by atoms with Gasteiger partial charge in [0.15, 0.2) is 0 Å². The molecule has 1 rings (SSSR count). The van der Waals surface area contributed by atoms with Crippen molar-refractivity contribution in [3.05, 3.63) is 29.3 Å². The van der Waals surface area contributed by atoms with Crippen molar-refractivity contribution in [1.82, 2.24) is 9.80 Å². The quantitative estimate of drug-likeness (QED) is 0.800. The Hall–Kier alpha value is -1.55. The molecule has 118 valence electrons. The summed E-state index contributed by atoms with van der Waals surface area (Å²) in [5.74, 6) is 0.136. The van der Waals surface area contributed by atoms with Crippen LogP contribution in [0.1, 0.15) is 36.2 Å². The van der Waals surface area contributed by atoms with Crippen molar-refractivity contribution in [3.63, 3.8) is 0 Å². The maximum absolute atomic E-state index is 12.6. The van der Waals surface area contributed by atoms with Crippen LogP contribution in [0.3, 0.4) is 0 Å². The fourth-order valence-corrected chi connectivity index (χ4v) is 2.37. The highest BCUT2D eigenvalue weighted by Crippen LogP contribution is 2.17. The number of benzene rings is 1. The second-order valence-electron chi connectivity index (χ2n) is 5.60. The SMILES string of the molecule is CCNc1ccc(C(=O)N(CC)CCCN(C)C)c(C)c1. The smallest absolute Gasteiger partial charge is 0.254 e. The van der Waals surface area contributed by atoms with Crippen molar-refractivity contribution in [2.75, 3.05) is 45.6 Å². The predicted octanol–water partition coefficient (Wildman–Crippen LogP) is 2.84. The van der Waals surface area contributed by atoms with E-state index < -0.39 is 0 Å². The lowest BCUT2D eigenvalue weighted by atomic mass is 10.1. The second kappa shape index (κ2) is 8.67. The van der Waals surface area contributed by atoms with Gasteiger partial charge in [0.2, 0.25) is 0 Å². The minimum absolute atomic E-state index is 0.136. The van der Waals surface area contributed by atoms with Crippen molar-refractivity contribution in [2.45, 2.75) is 27.2 Å². The zero-order valence-electron chi connectivity index (χ0n) is 14.1. The van der Waals surface area contributed by atoms with Gasteiger partial charge in [-0.1, -0.05) is 0 Å². The first kappa shape index (κ1) is 17.5. The molecule has 0 fully saturated rings. The summed E-state index contributed by atoms with van der Waals surface area (Å²) in [6, 6.07) is 5.96. The number of nitrogens with one attached hydrogen (secondary N) is 1. The van der Waals surface area contributed by atoms with Gasteiger partial charge in [0.1, 0.15) is 0 Å². The molecule has 0 aliphatic carbocycles. The summed E-state index contributed by atoms with van der Waals surface area (Å²) in [4.78, 5) is 16.7. The molecular formula is C17H29N3O. The lowest BCUT2D eigenvalue weighted by molar-refractivity contribution is 0.0758. The maximum Gasteiger partial charge on any atom is 0.254 e. The van der Waals surface area contributed by atoms with Crippen LogP contribution in [0.2, 0.25) is 0 Å². The zero-order valence-corrected chi connectivity index (χ0v) is 14.1. The molecule has 0 aliphatic heterocycles. The van der Waals surface area contributed by atoms with Crippen molar-refractivity contribution >= 4 is 11.6 Å². The highest BCUT2D eigenvalue weighted by Gasteiger charge is 2.16. The largest absolute Gasteiger partial charge is 0.385 e. The van der Waals surface area contributed by atoms with E-state index in [-0.39, 0.29) is 5.91 Å². The molecule has 1 N–H and O–H groups in total. The van der Waals surface area contributed by atoms with Gasteiger partial charge in [0.05, 0.1) is 0 Å². The average molecular weight is 291 g/mol. The molecule has 0 aliphatic rings. The topological polar surface area (TPSA) is 35.6 Å². The van der Waals surface area contributed by atoms with E-state index >= 15 is 0 Å². The number of hydrogen-bond donors (Lipinski definition) is 1. The normalized spacial score (nSPS) is 10.8. The first-order valence-corrected chi connectivity index (χ1v) is 7.78. The third-order valence-corrected chi connectivity index (χ3v) is 3.54. The minimum Gasteiger partial charge on any atom is -0.385 e. The third kappa shape index (κ3) is 5.38. The minimum atomic E-state index is 0.136. The summed E-state index contributed by atoms with van der Waals surface area (Å²) in [5.41, 5.74) is 2.91.